The molecule has 0 aromatic carbocycles. The van der Waals surface area contributed by atoms with Gasteiger partial charge in [0.05, 0.1) is 5.52 Å². The molecule has 1 aliphatic rings. The van der Waals surface area contributed by atoms with E-state index in [0.29, 0.717) is 10.2 Å². The largest absolute Gasteiger partial charge is 0.331 e. The van der Waals surface area contributed by atoms with Crippen LogP contribution in [0.5, 0.6) is 0 Å². The zero-order valence-electron chi connectivity index (χ0n) is 10.4. The third-order valence-electron chi connectivity index (χ3n) is 3.82. The van der Waals surface area contributed by atoms with Gasteiger partial charge in [0.1, 0.15) is 4.70 Å². The minimum atomic E-state index is 0.0751. The van der Waals surface area contributed by atoms with Crippen molar-refractivity contribution >= 4 is 33.8 Å². The highest BCUT2D eigenvalue weighted by Gasteiger charge is 2.42. The minimum absolute atomic E-state index is 0.0751. The maximum absolute atomic E-state index is 12.4. The number of hydrogen-bond donors (Lipinski definition) is 1. The predicted octanol–water partition coefficient (Wildman–Crippen LogP) is 3.70. The first-order valence-electron chi connectivity index (χ1n) is 6.35. The zero-order valence-corrected chi connectivity index (χ0v) is 12.0. The van der Waals surface area contributed by atoms with Gasteiger partial charge in [-0.05, 0) is 48.3 Å². The Bertz CT molecular complexity index is 691. The number of H-pyrrole nitrogens is 1. The highest BCUT2D eigenvalue weighted by molar-refractivity contribution is 7.71. The van der Waals surface area contributed by atoms with E-state index in [9.17, 15) is 4.79 Å². The van der Waals surface area contributed by atoms with Gasteiger partial charge < -0.3 is 4.98 Å². The predicted molar refractivity (Wildman–Crippen MR) is 77.8 cm³/mol. The van der Waals surface area contributed by atoms with Gasteiger partial charge in [-0.1, -0.05) is 13.3 Å². The molecule has 3 nitrogen and oxygen atoms in total. The van der Waals surface area contributed by atoms with Crippen molar-refractivity contribution in [1.82, 2.24) is 9.55 Å². The Hall–Kier alpha value is -0.940. The molecule has 0 unspecified atom stereocenters. The van der Waals surface area contributed by atoms with E-state index >= 15 is 0 Å². The Morgan fingerprint density at radius 1 is 1.56 bits per heavy atom. The molecular weight excluding hydrogens is 264 g/mol. The average Bonchev–Trinajstić information content (AvgIpc) is 2.92. The molecule has 5 heteroatoms. The van der Waals surface area contributed by atoms with E-state index in [2.05, 4.69) is 11.9 Å². The normalized spacial score (nSPS) is 17.2. The van der Waals surface area contributed by atoms with Crippen LogP contribution in [0.15, 0.2) is 16.2 Å². The van der Waals surface area contributed by atoms with E-state index in [1.54, 1.807) is 4.57 Å². The van der Waals surface area contributed by atoms with Gasteiger partial charge in [-0.3, -0.25) is 9.36 Å². The van der Waals surface area contributed by atoms with Crippen LogP contribution in [0.4, 0.5) is 0 Å². The van der Waals surface area contributed by atoms with Crippen LogP contribution >= 0.6 is 23.6 Å². The van der Waals surface area contributed by atoms with E-state index in [0.717, 1.165) is 16.8 Å². The van der Waals surface area contributed by atoms with Crippen molar-refractivity contribution in [2.45, 2.75) is 39.2 Å². The molecule has 1 N–H and O–H groups in total. The summed E-state index contributed by atoms with van der Waals surface area (Å²) in [6.07, 6.45) is 4.82. The Kier molecular flexibility index (Phi) is 2.90. The second kappa shape index (κ2) is 4.31. The summed E-state index contributed by atoms with van der Waals surface area (Å²) < 4.78 is 3.11. The number of nitrogens with zero attached hydrogens (tertiary/aromatic N) is 1. The molecule has 2 heterocycles. The summed E-state index contributed by atoms with van der Waals surface area (Å²) in [7, 11) is 0. The number of aromatic nitrogens is 2. The lowest BCUT2D eigenvalue weighted by Crippen LogP contribution is -2.26. The summed E-state index contributed by atoms with van der Waals surface area (Å²) in [5.74, 6) is 0. The summed E-state index contributed by atoms with van der Waals surface area (Å²) in [6, 6.07) is 1.92. The smallest absolute Gasteiger partial charge is 0.272 e. The Balaban J connectivity index is 2.06. The van der Waals surface area contributed by atoms with Gasteiger partial charge in [-0.2, -0.15) is 0 Å². The molecule has 0 atom stereocenters. The Labute approximate surface area is 114 Å². The fourth-order valence-electron chi connectivity index (χ4n) is 2.64. The molecule has 1 aliphatic carbocycles. The third-order valence-corrected chi connectivity index (χ3v) is 5.05. The average molecular weight is 280 g/mol. The lowest BCUT2D eigenvalue weighted by Gasteiger charge is -2.15. The van der Waals surface area contributed by atoms with Gasteiger partial charge in [0.25, 0.3) is 5.56 Å². The molecule has 0 aliphatic heterocycles. The van der Waals surface area contributed by atoms with Crippen molar-refractivity contribution in [3.63, 3.8) is 0 Å². The first-order valence-corrected chi connectivity index (χ1v) is 7.64. The summed E-state index contributed by atoms with van der Waals surface area (Å²) in [5, 5.41) is 1.93. The number of rotatable bonds is 4. The maximum atomic E-state index is 12.4. The number of thiophene rings is 1. The van der Waals surface area contributed by atoms with Gasteiger partial charge >= 0.3 is 0 Å². The molecule has 0 radical (unpaired) electrons. The van der Waals surface area contributed by atoms with Crippen LogP contribution in [-0.4, -0.2) is 9.55 Å². The molecule has 3 rings (SSSR count). The summed E-state index contributed by atoms with van der Waals surface area (Å²) in [5.41, 5.74) is 1.28. The molecule has 18 heavy (non-hydrogen) atoms. The summed E-state index contributed by atoms with van der Waals surface area (Å²) in [6.45, 7) is 2.98. The fraction of sp³-hybridized carbons (Fsp3) is 0.538. The van der Waals surface area contributed by atoms with Crippen LogP contribution in [0.3, 0.4) is 0 Å². The van der Waals surface area contributed by atoms with Crippen LogP contribution in [0.1, 0.15) is 32.6 Å². The van der Waals surface area contributed by atoms with Crippen LogP contribution in [0.2, 0.25) is 0 Å². The van der Waals surface area contributed by atoms with Crippen LogP contribution in [-0.2, 0) is 6.54 Å². The monoisotopic (exact) mass is 280 g/mol. The highest BCUT2D eigenvalue weighted by atomic mass is 32.1. The van der Waals surface area contributed by atoms with E-state index in [1.165, 1.54) is 37.0 Å². The van der Waals surface area contributed by atoms with Gasteiger partial charge in [0.2, 0.25) is 0 Å². The minimum Gasteiger partial charge on any atom is -0.331 e. The van der Waals surface area contributed by atoms with Crippen LogP contribution < -0.4 is 5.56 Å². The summed E-state index contributed by atoms with van der Waals surface area (Å²) in [4.78, 5) is 15.6. The maximum Gasteiger partial charge on any atom is 0.272 e. The molecule has 0 saturated heterocycles. The number of nitrogens with one attached hydrogen (secondary N) is 1. The molecule has 2 aromatic heterocycles. The second-order valence-corrected chi connectivity index (χ2v) is 6.54. The van der Waals surface area contributed by atoms with E-state index < -0.39 is 0 Å². The lowest BCUT2D eigenvalue weighted by atomic mass is 10.0. The SMILES string of the molecule is CCCC1(Cn2c(=S)[nH]c3ccsc3c2=O)CC1. The quantitative estimate of drug-likeness (QED) is 0.867. The van der Waals surface area contributed by atoms with Gasteiger partial charge in [0, 0.05) is 6.54 Å². The molecule has 2 aromatic rings. The van der Waals surface area contributed by atoms with Crippen LogP contribution in [0, 0.1) is 10.2 Å². The molecule has 1 fully saturated rings. The number of aromatic amines is 1. The molecular formula is C13H16N2OS2. The van der Waals surface area contributed by atoms with E-state index in [-0.39, 0.29) is 5.56 Å². The van der Waals surface area contributed by atoms with E-state index in [4.69, 9.17) is 12.2 Å². The van der Waals surface area contributed by atoms with Gasteiger partial charge in [0.15, 0.2) is 4.77 Å². The first kappa shape index (κ1) is 12.1. The van der Waals surface area contributed by atoms with Crippen molar-refractivity contribution in [3.8, 4) is 0 Å². The zero-order chi connectivity index (χ0) is 12.8. The number of fused-ring (bicyclic) bond motifs is 1. The molecule has 0 bridgehead atoms. The summed E-state index contributed by atoms with van der Waals surface area (Å²) >= 11 is 6.81. The van der Waals surface area contributed by atoms with Crippen molar-refractivity contribution < 1.29 is 0 Å². The highest BCUT2D eigenvalue weighted by Crippen LogP contribution is 2.50. The Morgan fingerprint density at radius 2 is 2.33 bits per heavy atom. The topological polar surface area (TPSA) is 37.8 Å². The van der Waals surface area contributed by atoms with Crippen molar-refractivity contribution in [2.24, 2.45) is 5.41 Å². The molecule has 96 valence electrons. The third kappa shape index (κ3) is 1.95. The number of hydrogen-bond acceptors (Lipinski definition) is 3. The van der Waals surface area contributed by atoms with E-state index in [1.807, 2.05) is 11.4 Å². The first-order chi connectivity index (χ1) is 8.65. The lowest BCUT2D eigenvalue weighted by molar-refractivity contribution is 0.379. The Morgan fingerprint density at radius 3 is 3.00 bits per heavy atom. The van der Waals surface area contributed by atoms with Crippen molar-refractivity contribution in [3.05, 3.63) is 26.6 Å². The second-order valence-electron chi connectivity index (χ2n) is 5.23. The fourth-order valence-corrected chi connectivity index (χ4v) is 3.70. The van der Waals surface area contributed by atoms with Gasteiger partial charge in [-0.25, -0.2) is 0 Å². The molecule has 0 amide bonds. The van der Waals surface area contributed by atoms with Crippen molar-refractivity contribution in [1.29, 1.82) is 0 Å². The molecule has 1 saturated carbocycles. The van der Waals surface area contributed by atoms with Crippen molar-refractivity contribution in [2.75, 3.05) is 0 Å². The molecule has 0 spiro atoms. The standard InChI is InChI=1S/C13H16N2OS2/c1-2-4-13(5-6-13)8-15-11(16)10-9(3-7-18-10)14-12(15)17/h3,7H,2,4-6,8H2,1H3,(H,14,17). The van der Waals surface area contributed by atoms with Gasteiger partial charge in [-0.15, -0.1) is 11.3 Å². The van der Waals surface area contributed by atoms with Crippen LogP contribution in [0.25, 0.3) is 10.2 Å².